The first kappa shape index (κ1) is 26.8. The summed E-state index contributed by atoms with van der Waals surface area (Å²) in [5, 5.41) is 7.12. The van der Waals surface area contributed by atoms with Crippen LogP contribution >= 0.6 is 23.6 Å². The van der Waals surface area contributed by atoms with Gasteiger partial charge in [0, 0.05) is 16.6 Å². The Balaban J connectivity index is 1.46. The fourth-order valence-electron chi connectivity index (χ4n) is 4.01. The third-order valence-electron chi connectivity index (χ3n) is 5.80. The summed E-state index contributed by atoms with van der Waals surface area (Å²) in [7, 11) is -1.08. The van der Waals surface area contributed by atoms with Gasteiger partial charge in [0.2, 0.25) is 5.88 Å². The van der Waals surface area contributed by atoms with Gasteiger partial charge in [-0.3, -0.25) is 4.72 Å². The molecule has 1 aliphatic carbocycles. The lowest BCUT2D eigenvalue weighted by Crippen LogP contribution is -2.20. The molecule has 0 spiro atoms. The lowest BCUT2D eigenvalue weighted by Gasteiger charge is -2.12. The van der Waals surface area contributed by atoms with Gasteiger partial charge in [-0.05, 0) is 67.7 Å². The standard InChI is InChI=1S/C24H27N5O5S3/c1-33-20-13-19(25-14-26-20)29-37(31,32)16-11-9-15(10-12-16)27-24(35)28-22-21(23(30)34-2)17-7-5-3-4-6-8-18(17)36-22/h9-14H,3-8H2,1-2H3,(H,25,26,29)(H2,27,28,35). The number of nitrogens with zero attached hydrogens (tertiary/aromatic N) is 2. The van der Waals surface area contributed by atoms with Crippen LogP contribution < -0.4 is 20.1 Å². The van der Waals surface area contributed by atoms with Crippen molar-refractivity contribution in [2.24, 2.45) is 0 Å². The molecule has 0 atom stereocenters. The Labute approximate surface area is 224 Å². The lowest BCUT2D eigenvalue weighted by molar-refractivity contribution is 0.0601. The third kappa shape index (κ3) is 6.53. The van der Waals surface area contributed by atoms with Crippen LogP contribution in [0.4, 0.5) is 16.5 Å². The molecule has 0 radical (unpaired) electrons. The van der Waals surface area contributed by atoms with Gasteiger partial charge in [-0.15, -0.1) is 11.3 Å². The van der Waals surface area contributed by atoms with Gasteiger partial charge in [0.25, 0.3) is 10.0 Å². The molecule has 0 amide bonds. The van der Waals surface area contributed by atoms with Crippen molar-refractivity contribution in [1.29, 1.82) is 0 Å². The molecule has 0 saturated heterocycles. The molecule has 13 heteroatoms. The number of hydrogen-bond acceptors (Lipinski definition) is 9. The van der Waals surface area contributed by atoms with E-state index >= 15 is 0 Å². The average molecular weight is 562 g/mol. The van der Waals surface area contributed by atoms with E-state index in [1.165, 1.54) is 61.4 Å². The van der Waals surface area contributed by atoms with Crippen molar-refractivity contribution >= 4 is 61.2 Å². The maximum Gasteiger partial charge on any atom is 0.341 e. The summed E-state index contributed by atoms with van der Waals surface area (Å²) in [5.41, 5.74) is 2.17. The molecule has 0 fully saturated rings. The van der Waals surface area contributed by atoms with Crippen molar-refractivity contribution in [3.05, 3.63) is 52.7 Å². The summed E-state index contributed by atoms with van der Waals surface area (Å²) in [6, 6.07) is 7.47. The van der Waals surface area contributed by atoms with Crippen LogP contribution in [0.3, 0.4) is 0 Å². The molecule has 2 aromatic heterocycles. The number of nitrogens with one attached hydrogen (secondary N) is 3. The molecule has 0 aliphatic heterocycles. The zero-order valence-electron chi connectivity index (χ0n) is 20.4. The Hall–Kier alpha value is -3.29. The molecule has 196 valence electrons. The van der Waals surface area contributed by atoms with Crippen LogP contribution in [0.15, 0.2) is 41.6 Å². The van der Waals surface area contributed by atoms with E-state index in [4.69, 9.17) is 21.7 Å². The number of rotatable bonds is 7. The molecule has 3 N–H and O–H groups in total. The van der Waals surface area contributed by atoms with Crippen molar-refractivity contribution < 1.29 is 22.7 Å². The Morgan fingerprint density at radius 2 is 1.76 bits per heavy atom. The number of sulfonamides is 1. The predicted octanol–water partition coefficient (Wildman–Crippen LogP) is 4.60. The fourth-order valence-corrected chi connectivity index (χ4v) is 6.58. The smallest absolute Gasteiger partial charge is 0.341 e. The highest BCUT2D eigenvalue weighted by molar-refractivity contribution is 7.92. The van der Waals surface area contributed by atoms with E-state index in [1.807, 2.05) is 0 Å². The highest BCUT2D eigenvalue weighted by Gasteiger charge is 2.25. The average Bonchev–Trinajstić information content (AvgIpc) is 3.19. The second-order valence-electron chi connectivity index (χ2n) is 8.27. The number of aryl methyl sites for hydroxylation is 1. The van der Waals surface area contributed by atoms with E-state index in [0.717, 1.165) is 37.7 Å². The molecule has 4 rings (SSSR count). The van der Waals surface area contributed by atoms with Crippen molar-refractivity contribution in [3.8, 4) is 5.88 Å². The second-order valence-corrected chi connectivity index (χ2v) is 11.5. The molecule has 37 heavy (non-hydrogen) atoms. The molecule has 0 unspecified atom stereocenters. The van der Waals surface area contributed by atoms with Crippen LogP contribution in [0.5, 0.6) is 5.88 Å². The minimum absolute atomic E-state index is 0.0422. The number of ether oxygens (including phenoxy) is 2. The number of fused-ring (bicyclic) bond motifs is 1. The van der Waals surface area contributed by atoms with Crippen molar-refractivity contribution in [2.45, 2.75) is 43.4 Å². The number of thiocarbonyl (C=S) groups is 1. The number of esters is 1. The topological polar surface area (TPSA) is 132 Å². The van der Waals surface area contributed by atoms with Gasteiger partial charge < -0.3 is 20.1 Å². The maximum absolute atomic E-state index is 12.7. The van der Waals surface area contributed by atoms with Gasteiger partial charge in [0.05, 0.1) is 24.7 Å². The lowest BCUT2D eigenvalue weighted by atomic mass is 9.96. The number of aromatic nitrogens is 2. The quantitative estimate of drug-likeness (QED) is 0.278. The molecular formula is C24H27N5O5S3. The zero-order valence-corrected chi connectivity index (χ0v) is 22.8. The third-order valence-corrected chi connectivity index (χ3v) is 8.58. The number of anilines is 3. The fraction of sp³-hybridized carbons (Fsp3) is 0.333. The summed E-state index contributed by atoms with van der Waals surface area (Å²) < 4.78 is 37.9. The van der Waals surface area contributed by atoms with Gasteiger partial charge in [-0.1, -0.05) is 12.8 Å². The van der Waals surface area contributed by atoms with Gasteiger partial charge in [-0.25, -0.2) is 23.2 Å². The Kier molecular flexibility index (Phi) is 8.56. The SMILES string of the molecule is COC(=O)c1c(NC(=S)Nc2ccc(S(=O)(=O)Nc3cc(OC)ncn3)cc2)sc2c1CCCCCC2. The number of benzene rings is 1. The highest BCUT2D eigenvalue weighted by Crippen LogP contribution is 2.37. The molecule has 2 heterocycles. The minimum atomic E-state index is -3.88. The number of thiophene rings is 1. The zero-order chi connectivity index (χ0) is 26.4. The van der Waals surface area contributed by atoms with Gasteiger partial charge in [0.15, 0.2) is 5.11 Å². The summed E-state index contributed by atoms with van der Waals surface area (Å²) in [4.78, 5) is 21.6. The summed E-state index contributed by atoms with van der Waals surface area (Å²) in [6.07, 6.45) is 7.42. The van der Waals surface area contributed by atoms with E-state index in [-0.39, 0.29) is 27.7 Å². The van der Waals surface area contributed by atoms with Crippen LogP contribution in [0, 0.1) is 0 Å². The molecule has 3 aromatic rings. The van der Waals surface area contributed by atoms with E-state index < -0.39 is 10.0 Å². The van der Waals surface area contributed by atoms with E-state index in [2.05, 4.69) is 25.3 Å². The van der Waals surface area contributed by atoms with Gasteiger partial charge >= 0.3 is 5.97 Å². The molecule has 10 nitrogen and oxygen atoms in total. The van der Waals surface area contributed by atoms with E-state index in [1.54, 1.807) is 12.1 Å². The minimum Gasteiger partial charge on any atom is -0.481 e. The van der Waals surface area contributed by atoms with Crippen LogP contribution in [0.1, 0.15) is 46.5 Å². The van der Waals surface area contributed by atoms with Crippen LogP contribution in [0.25, 0.3) is 0 Å². The predicted molar refractivity (Wildman–Crippen MR) is 147 cm³/mol. The maximum atomic E-state index is 12.7. The monoisotopic (exact) mass is 561 g/mol. The Morgan fingerprint density at radius 3 is 2.46 bits per heavy atom. The Bertz CT molecular complexity index is 1390. The summed E-state index contributed by atoms with van der Waals surface area (Å²) in [6.45, 7) is 0. The first-order chi connectivity index (χ1) is 17.8. The molecule has 1 aliphatic rings. The Morgan fingerprint density at radius 1 is 1.03 bits per heavy atom. The number of carbonyl (C=O) groups excluding carboxylic acids is 1. The van der Waals surface area contributed by atoms with Gasteiger partial charge in [0.1, 0.15) is 17.1 Å². The van der Waals surface area contributed by atoms with Crippen molar-refractivity contribution in [2.75, 3.05) is 29.6 Å². The number of hydrogen-bond donors (Lipinski definition) is 3. The number of methoxy groups -OCH3 is 2. The largest absolute Gasteiger partial charge is 0.481 e. The highest BCUT2D eigenvalue weighted by atomic mass is 32.2. The van der Waals surface area contributed by atoms with Crippen LogP contribution in [-0.4, -0.2) is 43.7 Å². The normalized spacial score (nSPS) is 13.5. The van der Waals surface area contributed by atoms with E-state index in [0.29, 0.717) is 16.3 Å². The first-order valence-electron chi connectivity index (χ1n) is 11.6. The van der Waals surface area contributed by atoms with Crippen molar-refractivity contribution in [1.82, 2.24) is 9.97 Å². The van der Waals surface area contributed by atoms with Crippen molar-refractivity contribution in [3.63, 3.8) is 0 Å². The number of carbonyl (C=O) groups is 1. The summed E-state index contributed by atoms with van der Waals surface area (Å²) >= 11 is 7.02. The molecule has 1 aromatic carbocycles. The van der Waals surface area contributed by atoms with E-state index in [9.17, 15) is 13.2 Å². The first-order valence-corrected chi connectivity index (χ1v) is 14.3. The summed E-state index contributed by atoms with van der Waals surface area (Å²) in [5.74, 6) is -0.0565. The molecular weight excluding hydrogens is 534 g/mol. The van der Waals surface area contributed by atoms with Crippen LogP contribution in [0.2, 0.25) is 0 Å². The van der Waals surface area contributed by atoms with Crippen LogP contribution in [-0.2, 0) is 27.6 Å². The molecule has 0 bridgehead atoms. The second kappa shape index (κ2) is 11.8. The molecule has 0 saturated carbocycles. The van der Waals surface area contributed by atoms with Gasteiger partial charge in [-0.2, -0.15) is 0 Å².